The largest absolute Gasteiger partial charge is 0.481 e. The highest BCUT2D eigenvalue weighted by Crippen LogP contribution is 2.15. The van der Waals surface area contributed by atoms with Crippen LogP contribution in [0.15, 0.2) is 18.2 Å². The van der Waals surface area contributed by atoms with E-state index < -0.39 is 11.8 Å². The first-order chi connectivity index (χ1) is 8.52. The summed E-state index contributed by atoms with van der Waals surface area (Å²) in [7, 11) is 0. The number of ether oxygens (including phenoxy) is 1. The van der Waals surface area contributed by atoms with Gasteiger partial charge in [-0.2, -0.15) is 0 Å². The van der Waals surface area contributed by atoms with Crippen LogP contribution in [-0.4, -0.2) is 30.2 Å². The lowest BCUT2D eigenvalue weighted by atomic mass is 10.1. The van der Waals surface area contributed by atoms with Gasteiger partial charge in [0, 0.05) is 12.3 Å². The Morgan fingerprint density at radius 2 is 2.17 bits per heavy atom. The van der Waals surface area contributed by atoms with Crippen LogP contribution < -0.4 is 5.32 Å². The normalized spacial score (nSPS) is 10.1. The summed E-state index contributed by atoms with van der Waals surface area (Å²) < 4.78 is 18.4. The average Bonchev–Trinajstić information content (AvgIpc) is 2.29. The summed E-state index contributed by atoms with van der Waals surface area (Å²) in [6, 6.07) is 3.87. The van der Waals surface area contributed by atoms with Crippen LogP contribution in [0.1, 0.15) is 12.5 Å². The molecule has 0 unspecified atom stereocenters. The Morgan fingerprint density at radius 3 is 2.72 bits per heavy atom. The fourth-order valence-corrected chi connectivity index (χ4v) is 1.32. The van der Waals surface area contributed by atoms with Gasteiger partial charge in [-0.25, -0.2) is 4.39 Å². The molecule has 0 fully saturated rings. The van der Waals surface area contributed by atoms with Crippen LogP contribution in [0.25, 0.3) is 0 Å². The number of hydrogen-bond donors (Lipinski definition) is 2. The standard InChI is InChI=1S/C12H14FNO4/c1-2-18-7-11(15)14-9-4-3-8(5-12(16)17)10(13)6-9/h3-4,6H,2,5,7H2,1H3,(H,14,15)(H,16,17). The Morgan fingerprint density at radius 1 is 1.44 bits per heavy atom. The van der Waals surface area contributed by atoms with Crippen molar-refractivity contribution in [1.82, 2.24) is 0 Å². The predicted octanol–water partition coefficient (Wildman–Crippen LogP) is 1.43. The maximum absolute atomic E-state index is 13.5. The van der Waals surface area contributed by atoms with E-state index in [1.807, 2.05) is 0 Å². The van der Waals surface area contributed by atoms with E-state index in [9.17, 15) is 14.0 Å². The number of nitrogens with one attached hydrogen (secondary N) is 1. The van der Waals surface area contributed by atoms with Crippen molar-refractivity contribution in [3.05, 3.63) is 29.6 Å². The van der Waals surface area contributed by atoms with Crippen molar-refractivity contribution in [2.75, 3.05) is 18.5 Å². The third-order valence-electron chi connectivity index (χ3n) is 2.12. The van der Waals surface area contributed by atoms with Crippen molar-refractivity contribution in [1.29, 1.82) is 0 Å². The molecule has 0 spiro atoms. The van der Waals surface area contributed by atoms with E-state index >= 15 is 0 Å². The van der Waals surface area contributed by atoms with Gasteiger partial charge >= 0.3 is 5.97 Å². The molecule has 0 aromatic heterocycles. The molecule has 0 saturated heterocycles. The van der Waals surface area contributed by atoms with Gasteiger partial charge in [-0.1, -0.05) is 6.07 Å². The van der Waals surface area contributed by atoms with E-state index in [4.69, 9.17) is 9.84 Å². The lowest BCUT2D eigenvalue weighted by molar-refractivity contribution is -0.136. The maximum Gasteiger partial charge on any atom is 0.307 e. The number of carbonyl (C=O) groups excluding carboxylic acids is 1. The molecule has 1 aromatic rings. The summed E-state index contributed by atoms with van der Waals surface area (Å²) in [5, 5.41) is 11.0. The molecule has 5 nitrogen and oxygen atoms in total. The second-order valence-electron chi connectivity index (χ2n) is 3.56. The lowest BCUT2D eigenvalue weighted by Crippen LogP contribution is -2.18. The molecule has 6 heteroatoms. The van der Waals surface area contributed by atoms with Crippen LogP contribution in [0.4, 0.5) is 10.1 Å². The van der Waals surface area contributed by atoms with Crippen molar-refractivity contribution in [3.8, 4) is 0 Å². The van der Waals surface area contributed by atoms with E-state index in [0.29, 0.717) is 6.61 Å². The second kappa shape index (κ2) is 6.70. The summed E-state index contributed by atoms with van der Waals surface area (Å²) >= 11 is 0. The van der Waals surface area contributed by atoms with Gasteiger partial charge in [0.1, 0.15) is 12.4 Å². The van der Waals surface area contributed by atoms with Gasteiger partial charge in [-0.05, 0) is 24.6 Å². The fourth-order valence-electron chi connectivity index (χ4n) is 1.32. The molecule has 0 aliphatic heterocycles. The first kappa shape index (κ1) is 14.1. The highest BCUT2D eigenvalue weighted by molar-refractivity contribution is 5.91. The maximum atomic E-state index is 13.5. The van der Waals surface area contributed by atoms with Crippen LogP contribution in [0.5, 0.6) is 0 Å². The van der Waals surface area contributed by atoms with E-state index in [1.165, 1.54) is 12.1 Å². The van der Waals surface area contributed by atoms with Gasteiger partial charge in [-0.15, -0.1) is 0 Å². The minimum atomic E-state index is -1.11. The molecule has 98 valence electrons. The van der Waals surface area contributed by atoms with Crippen LogP contribution in [0.3, 0.4) is 0 Å². The zero-order chi connectivity index (χ0) is 13.5. The molecule has 2 N–H and O–H groups in total. The molecule has 0 aliphatic rings. The van der Waals surface area contributed by atoms with E-state index in [1.54, 1.807) is 6.92 Å². The zero-order valence-electron chi connectivity index (χ0n) is 9.90. The number of carboxylic acids is 1. The number of aliphatic carboxylic acids is 1. The lowest BCUT2D eigenvalue weighted by Gasteiger charge is -2.07. The van der Waals surface area contributed by atoms with Gasteiger partial charge < -0.3 is 15.2 Å². The predicted molar refractivity (Wildman–Crippen MR) is 62.9 cm³/mol. The van der Waals surface area contributed by atoms with Gasteiger partial charge in [0.25, 0.3) is 0 Å². The van der Waals surface area contributed by atoms with Crippen LogP contribution in [0.2, 0.25) is 0 Å². The number of hydrogen-bond acceptors (Lipinski definition) is 3. The van der Waals surface area contributed by atoms with E-state index in [0.717, 1.165) is 6.07 Å². The summed E-state index contributed by atoms with van der Waals surface area (Å²) in [4.78, 5) is 21.7. The highest BCUT2D eigenvalue weighted by atomic mass is 19.1. The highest BCUT2D eigenvalue weighted by Gasteiger charge is 2.09. The molecular formula is C12H14FNO4. The third kappa shape index (κ3) is 4.50. The average molecular weight is 255 g/mol. The second-order valence-corrected chi connectivity index (χ2v) is 3.56. The van der Waals surface area contributed by atoms with Crippen molar-refractivity contribution >= 4 is 17.6 Å². The monoisotopic (exact) mass is 255 g/mol. The number of anilines is 1. The van der Waals surface area contributed by atoms with Gasteiger partial charge in [0.15, 0.2) is 0 Å². The molecule has 0 atom stereocenters. The molecule has 1 aromatic carbocycles. The van der Waals surface area contributed by atoms with Crippen LogP contribution in [0, 0.1) is 5.82 Å². The quantitative estimate of drug-likeness (QED) is 0.806. The molecule has 1 amide bonds. The van der Waals surface area contributed by atoms with Gasteiger partial charge in [-0.3, -0.25) is 9.59 Å². The Labute approximate surface area is 104 Å². The van der Waals surface area contributed by atoms with Crippen molar-refractivity contribution < 1.29 is 23.8 Å². The molecule has 18 heavy (non-hydrogen) atoms. The van der Waals surface area contributed by atoms with Crippen LogP contribution in [-0.2, 0) is 20.7 Å². The summed E-state index contributed by atoms with van der Waals surface area (Å²) in [6.45, 7) is 2.07. The smallest absolute Gasteiger partial charge is 0.307 e. The van der Waals surface area contributed by atoms with Crippen molar-refractivity contribution in [2.24, 2.45) is 0 Å². The summed E-state index contributed by atoms with van der Waals surface area (Å²) in [5.41, 5.74) is 0.344. The van der Waals surface area contributed by atoms with Gasteiger partial charge in [0.2, 0.25) is 5.91 Å². The molecular weight excluding hydrogens is 241 g/mol. The topological polar surface area (TPSA) is 75.6 Å². The number of benzene rings is 1. The molecule has 0 aliphatic carbocycles. The first-order valence-electron chi connectivity index (χ1n) is 5.40. The van der Waals surface area contributed by atoms with Crippen molar-refractivity contribution in [3.63, 3.8) is 0 Å². The number of carboxylic acid groups (broad SMARTS) is 1. The zero-order valence-corrected chi connectivity index (χ0v) is 9.90. The Hall–Kier alpha value is -1.95. The number of carbonyl (C=O) groups is 2. The Balaban J connectivity index is 2.66. The first-order valence-corrected chi connectivity index (χ1v) is 5.40. The minimum absolute atomic E-state index is 0.0744. The molecule has 0 heterocycles. The molecule has 0 saturated carbocycles. The van der Waals surface area contributed by atoms with E-state index in [-0.39, 0.29) is 30.2 Å². The molecule has 0 bridgehead atoms. The summed E-state index contributed by atoms with van der Waals surface area (Å²) in [5.74, 6) is -2.16. The number of rotatable bonds is 6. The number of amides is 1. The Kier molecular flexibility index (Phi) is 5.26. The van der Waals surface area contributed by atoms with Crippen LogP contribution >= 0.6 is 0 Å². The molecule has 1 rings (SSSR count). The number of halogens is 1. The Bertz CT molecular complexity index is 448. The van der Waals surface area contributed by atoms with Crippen molar-refractivity contribution in [2.45, 2.75) is 13.3 Å². The fraction of sp³-hybridized carbons (Fsp3) is 0.333. The third-order valence-corrected chi connectivity index (χ3v) is 2.12. The van der Waals surface area contributed by atoms with Gasteiger partial charge in [0.05, 0.1) is 6.42 Å². The minimum Gasteiger partial charge on any atom is -0.481 e. The SMILES string of the molecule is CCOCC(=O)Nc1ccc(CC(=O)O)c(F)c1. The summed E-state index contributed by atoms with van der Waals surface area (Å²) in [6.07, 6.45) is -0.390. The van der Waals surface area contributed by atoms with E-state index in [2.05, 4.69) is 5.32 Å². The molecule has 0 radical (unpaired) electrons.